The van der Waals surface area contributed by atoms with Gasteiger partial charge in [-0.15, -0.1) is 0 Å². The number of benzene rings is 1. The van der Waals surface area contributed by atoms with Crippen molar-refractivity contribution in [1.29, 1.82) is 0 Å². The van der Waals surface area contributed by atoms with Crippen molar-refractivity contribution in [3.8, 4) is 0 Å². The zero-order valence-electron chi connectivity index (χ0n) is 9.22. The number of nitrogens with zero attached hydrogens (tertiary/aromatic N) is 1. The Balaban J connectivity index is 2.56. The van der Waals surface area contributed by atoms with Crippen LogP contribution in [0.1, 0.15) is 18.4 Å². The van der Waals surface area contributed by atoms with Gasteiger partial charge in [0, 0.05) is 25.2 Å². The van der Waals surface area contributed by atoms with E-state index in [2.05, 4.69) is 5.32 Å². The Bertz CT molecular complexity index is 338. The molecule has 0 saturated carbocycles. The molecule has 1 rings (SSSR count). The van der Waals surface area contributed by atoms with Crippen LogP contribution in [0.3, 0.4) is 0 Å². The van der Waals surface area contributed by atoms with E-state index in [1.54, 1.807) is 12.1 Å². The van der Waals surface area contributed by atoms with Crippen LogP contribution in [0.25, 0.3) is 0 Å². The molecule has 0 aliphatic heterocycles. The molecule has 16 heavy (non-hydrogen) atoms. The highest BCUT2D eigenvalue weighted by Crippen LogP contribution is 2.18. The minimum Gasteiger partial charge on any atom is -0.395 e. The first-order chi connectivity index (χ1) is 7.65. The van der Waals surface area contributed by atoms with E-state index in [0.717, 1.165) is 12.1 Å². The Morgan fingerprint density at radius 3 is 2.56 bits per heavy atom. The fourth-order valence-corrected chi connectivity index (χ4v) is 1.44. The predicted molar refractivity (Wildman–Crippen MR) is 61.5 cm³/mol. The monoisotopic (exact) mass is 224 g/mol. The van der Waals surface area contributed by atoms with Crippen LogP contribution in [0, 0.1) is 10.1 Å². The predicted octanol–water partition coefficient (Wildman–Crippen LogP) is 1.28. The van der Waals surface area contributed by atoms with Gasteiger partial charge >= 0.3 is 0 Å². The first kappa shape index (κ1) is 12.6. The molecule has 0 heterocycles. The van der Waals surface area contributed by atoms with Gasteiger partial charge in [0.25, 0.3) is 5.69 Å². The summed E-state index contributed by atoms with van der Waals surface area (Å²) in [6, 6.07) is 6.56. The third-order valence-corrected chi connectivity index (χ3v) is 2.41. The molecule has 5 nitrogen and oxygen atoms in total. The summed E-state index contributed by atoms with van der Waals surface area (Å²) in [7, 11) is 0. The number of rotatable bonds is 6. The zero-order valence-corrected chi connectivity index (χ0v) is 9.22. The minimum absolute atomic E-state index is 0.110. The summed E-state index contributed by atoms with van der Waals surface area (Å²) < 4.78 is 0. The average Bonchev–Trinajstić information content (AvgIpc) is 2.29. The van der Waals surface area contributed by atoms with Gasteiger partial charge in [0.05, 0.1) is 11.5 Å². The fourth-order valence-electron chi connectivity index (χ4n) is 1.44. The van der Waals surface area contributed by atoms with Crippen LogP contribution >= 0.6 is 0 Å². The number of nitro groups is 1. The molecule has 1 unspecified atom stereocenters. The third kappa shape index (κ3) is 3.60. The molecular formula is C11H16N2O3. The first-order valence-corrected chi connectivity index (χ1v) is 5.21. The third-order valence-electron chi connectivity index (χ3n) is 2.41. The molecule has 0 aliphatic rings. The van der Waals surface area contributed by atoms with Crippen LogP contribution in [-0.2, 0) is 0 Å². The van der Waals surface area contributed by atoms with E-state index in [-0.39, 0.29) is 18.2 Å². The number of nitrogens with one attached hydrogen (secondary N) is 1. The molecule has 0 aromatic heterocycles. The van der Waals surface area contributed by atoms with Crippen LogP contribution in [0.5, 0.6) is 0 Å². The van der Waals surface area contributed by atoms with Gasteiger partial charge in [0.15, 0.2) is 0 Å². The van der Waals surface area contributed by atoms with Crippen molar-refractivity contribution in [2.24, 2.45) is 0 Å². The largest absolute Gasteiger partial charge is 0.395 e. The van der Waals surface area contributed by atoms with Crippen molar-refractivity contribution in [2.45, 2.75) is 12.8 Å². The van der Waals surface area contributed by atoms with Crippen molar-refractivity contribution in [1.82, 2.24) is 5.32 Å². The second kappa shape index (κ2) is 6.19. The van der Waals surface area contributed by atoms with E-state index in [4.69, 9.17) is 5.11 Å². The molecule has 0 spiro atoms. The summed E-state index contributed by atoms with van der Waals surface area (Å²) >= 11 is 0. The van der Waals surface area contributed by atoms with Crippen molar-refractivity contribution in [2.75, 3.05) is 19.7 Å². The Labute approximate surface area is 94.3 Å². The zero-order chi connectivity index (χ0) is 12.0. The summed E-state index contributed by atoms with van der Waals surface area (Å²) in [5, 5.41) is 22.2. The lowest BCUT2D eigenvalue weighted by atomic mass is 10.0. The van der Waals surface area contributed by atoms with Gasteiger partial charge in [-0.05, 0) is 11.5 Å². The molecular weight excluding hydrogens is 208 g/mol. The fraction of sp³-hybridized carbons (Fsp3) is 0.455. The minimum atomic E-state index is -0.404. The molecule has 88 valence electrons. The van der Waals surface area contributed by atoms with Crippen LogP contribution in [0.4, 0.5) is 5.69 Å². The molecule has 2 N–H and O–H groups in total. The van der Waals surface area contributed by atoms with Gasteiger partial charge in [0.1, 0.15) is 0 Å². The molecule has 1 aromatic rings. The van der Waals surface area contributed by atoms with E-state index < -0.39 is 4.92 Å². The van der Waals surface area contributed by atoms with Crippen molar-refractivity contribution >= 4 is 5.69 Å². The highest BCUT2D eigenvalue weighted by atomic mass is 16.6. The van der Waals surface area contributed by atoms with Crippen molar-refractivity contribution in [3.63, 3.8) is 0 Å². The van der Waals surface area contributed by atoms with Gasteiger partial charge in [-0.25, -0.2) is 0 Å². The Morgan fingerprint density at radius 1 is 1.44 bits per heavy atom. The SMILES string of the molecule is CC(CNCCO)c1ccc([N+](=O)[O-])cc1. The van der Waals surface area contributed by atoms with E-state index >= 15 is 0 Å². The molecule has 0 amide bonds. The second-order valence-corrected chi connectivity index (χ2v) is 3.68. The molecule has 0 radical (unpaired) electrons. The molecule has 5 heteroatoms. The molecule has 0 bridgehead atoms. The van der Waals surface area contributed by atoms with Gasteiger partial charge in [-0.1, -0.05) is 19.1 Å². The van der Waals surface area contributed by atoms with Gasteiger partial charge in [0.2, 0.25) is 0 Å². The Hall–Kier alpha value is -1.46. The summed E-state index contributed by atoms with van der Waals surface area (Å²) in [6.45, 7) is 3.47. The normalized spacial score (nSPS) is 12.4. The lowest BCUT2D eigenvalue weighted by Gasteiger charge is -2.12. The number of nitro benzene ring substituents is 1. The molecule has 1 atom stereocenters. The maximum atomic E-state index is 10.5. The van der Waals surface area contributed by atoms with Crippen molar-refractivity contribution in [3.05, 3.63) is 39.9 Å². The van der Waals surface area contributed by atoms with E-state index in [1.807, 2.05) is 6.92 Å². The maximum Gasteiger partial charge on any atom is 0.269 e. The van der Waals surface area contributed by atoms with Crippen LogP contribution in [0.15, 0.2) is 24.3 Å². The van der Waals surface area contributed by atoms with Crippen LogP contribution in [-0.4, -0.2) is 29.7 Å². The number of hydrogen-bond acceptors (Lipinski definition) is 4. The summed E-state index contributed by atoms with van der Waals surface area (Å²) in [4.78, 5) is 10.1. The summed E-state index contributed by atoms with van der Waals surface area (Å²) in [5.74, 6) is 0.271. The summed E-state index contributed by atoms with van der Waals surface area (Å²) in [6.07, 6.45) is 0. The topological polar surface area (TPSA) is 75.4 Å². The van der Waals surface area contributed by atoms with Gasteiger partial charge in [-0.3, -0.25) is 10.1 Å². The lowest BCUT2D eigenvalue weighted by molar-refractivity contribution is -0.384. The van der Waals surface area contributed by atoms with Gasteiger partial charge in [-0.2, -0.15) is 0 Å². The second-order valence-electron chi connectivity index (χ2n) is 3.68. The number of non-ortho nitro benzene ring substituents is 1. The number of aliphatic hydroxyl groups excluding tert-OH is 1. The van der Waals surface area contributed by atoms with Crippen LogP contribution < -0.4 is 5.32 Å². The van der Waals surface area contributed by atoms with Crippen molar-refractivity contribution < 1.29 is 10.0 Å². The quantitative estimate of drug-likeness (QED) is 0.433. The molecule has 0 fully saturated rings. The lowest BCUT2D eigenvalue weighted by Crippen LogP contribution is -2.23. The highest BCUT2D eigenvalue weighted by Gasteiger charge is 2.08. The average molecular weight is 224 g/mol. The number of hydrogen-bond donors (Lipinski definition) is 2. The molecule has 0 saturated heterocycles. The first-order valence-electron chi connectivity index (χ1n) is 5.21. The maximum absolute atomic E-state index is 10.5. The summed E-state index contributed by atoms with van der Waals surface area (Å²) in [5.41, 5.74) is 1.16. The Kier molecular flexibility index (Phi) is 4.88. The molecule has 1 aromatic carbocycles. The Morgan fingerprint density at radius 2 is 2.06 bits per heavy atom. The van der Waals surface area contributed by atoms with E-state index in [9.17, 15) is 10.1 Å². The van der Waals surface area contributed by atoms with E-state index in [0.29, 0.717) is 6.54 Å². The number of aliphatic hydroxyl groups is 1. The van der Waals surface area contributed by atoms with Crippen LogP contribution in [0.2, 0.25) is 0 Å². The highest BCUT2D eigenvalue weighted by molar-refractivity contribution is 5.34. The smallest absolute Gasteiger partial charge is 0.269 e. The standard InChI is InChI=1S/C11H16N2O3/c1-9(8-12-6-7-14)10-2-4-11(5-3-10)13(15)16/h2-5,9,12,14H,6-8H2,1H3. The van der Waals surface area contributed by atoms with Gasteiger partial charge < -0.3 is 10.4 Å². The molecule has 0 aliphatic carbocycles. The van der Waals surface area contributed by atoms with E-state index in [1.165, 1.54) is 12.1 Å².